The Kier molecular flexibility index (Phi) is 4.86. The molecule has 1 atom stereocenters. The maximum atomic E-state index is 9.13. The van der Waals surface area contributed by atoms with Gasteiger partial charge in [0.05, 0.1) is 6.61 Å². The van der Waals surface area contributed by atoms with Gasteiger partial charge in [0.15, 0.2) is 0 Å². The largest absolute Gasteiger partial charge is 0.392 e. The van der Waals surface area contributed by atoms with Crippen LogP contribution >= 0.6 is 22.9 Å². The first kappa shape index (κ1) is 14.4. The minimum Gasteiger partial charge on any atom is -0.392 e. The van der Waals surface area contributed by atoms with Gasteiger partial charge in [-0.15, -0.1) is 11.3 Å². The van der Waals surface area contributed by atoms with E-state index < -0.39 is 0 Å². The maximum absolute atomic E-state index is 9.13. The Balaban J connectivity index is 2.10. The van der Waals surface area contributed by atoms with Crippen molar-refractivity contribution in [2.24, 2.45) is 0 Å². The molecule has 1 aromatic heterocycles. The Hall–Kier alpha value is -1.03. The fourth-order valence-electron chi connectivity index (χ4n) is 2.00. The van der Waals surface area contributed by atoms with Crippen LogP contribution in [-0.4, -0.2) is 18.2 Å². The molecule has 0 spiro atoms. The van der Waals surface area contributed by atoms with E-state index in [2.05, 4.69) is 36.4 Å². The fraction of sp³-hybridized carbons (Fsp3) is 0.333. The fourth-order valence-corrected chi connectivity index (χ4v) is 3.06. The normalized spacial score (nSPS) is 12.4. The third-order valence-electron chi connectivity index (χ3n) is 3.35. The average molecular weight is 296 g/mol. The van der Waals surface area contributed by atoms with Crippen molar-refractivity contribution in [2.45, 2.75) is 26.0 Å². The molecule has 0 bridgehead atoms. The lowest BCUT2D eigenvalue weighted by atomic mass is 10.1. The van der Waals surface area contributed by atoms with E-state index >= 15 is 0 Å². The highest BCUT2D eigenvalue weighted by Gasteiger charge is 2.12. The molecule has 1 aromatic carbocycles. The van der Waals surface area contributed by atoms with Gasteiger partial charge in [-0.25, -0.2) is 0 Å². The summed E-state index contributed by atoms with van der Waals surface area (Å²) < 4.78 is 0. The van der Waals surface area contributed by atoms with Gasteiger partial charge < -0.3 is 10.0 Å². The SMILES string of the molecule is CC(Cc1cccs1)N(C)c1ccc(CO)c(Cl)c1. The summed E-state index contributed by atoms with van der Waals surface area (Å²) in [5.41, 5.74) is 1.84. The highest BCUT2D eigenvalue weighted by atomic mass is 35.5. The lowest BCUT2D eigenvalue weighted by molar-refractivity contribution is 0.282. The summed E-state index contributed by atoms with van der Waals surface area (Å²) >= 11 is 7.92. The third kappa shape index (κ3) is 3.50. The Morgan fingerprint density at radius 1 is 1.37 bits per heavy atom. The van der Waals surface area contributed by atoms with Crippen molar-refractivity contribution in [1.29, 1.82) is 0 Å². The summed E-state index contributed by atoms with van der Waals surface area (Å²) in [7, 11) is 2.07. The number of rotatable bonds is 5. The van der Waals surface area contributed by atoms with Gasteiger partial charge in [0.2, 0.25) is 0 Å². The number of halogens is 1. The molecular weight excluding hydrogens is 278 g/mol. The quantitative estimate of drug-likeness (QED) is 0.902. The van der Waals surface area contributed by atoms with Crippen molar-refractivity contribution in [1.82, 2.24) is 0 Å². The van der Waals surface area contributed by atoms with Crippen LogP contribution in [0.4, 0.5) is 5.69 Å². The molecule has 102 valence electrons. The highest BCUT2D eigenvalue weighted by Crippen LogP contribution is 2.25. The summed E-state index contributed by atoms with van der Waals surface area (Å²) in [5, 5.41) is 11.9. The van der Waals surface area contributed by atoms with Crippen LogP contribution < -0.4 is 4.90 Å². The molecule has 1 heterocycles. The Bertz CT molecular complexity index is 527. The molecule has 19 heavy (non-hydrogen) atoms. The number of aliphatic hydroxyl groups excluding tert-OH is 1. The van der Waals surface area contributed by atoms with Crippen LogP contribution in [0, 0.1) is 0 Å². The van der Waals surface area contributed by atoms with Gasteiger partial charge in [0.1, 0.15) is 0 Å². The summed E-state index contributed by atoms with van der Waals surface area (Å²) in [6, 6.07) is 10.4. The van der Waals surface area contributed by atoms with Crippen LogP contribution in [0.5, 0.6) is 0 Å². The van der Waals surface area contributed by atoms with Gasteiger partial charge in [-0.05, 0) is 36.1 Å². The summed E-state index contributed by atoms with van der Waals surface area (Å²) in [4.78, 5) is 3.60. The predicted octanol–water partition coefficient (Wildman–Crippen LogP) is 3.96. The van der Waals surface area contributed by atoms with Crippen LogP contribution in [0.15, 0.2) is 35.7 Å². The highest BCUT2D eigenvalue weighted by molar-refractivity contribution is 7.09. The van der Waals surface area contributed by atoms with Gasteiger partial charge in [0, 0.05) is 35.1 Å². The molecule has 0 aliphatic rings. The second kappa shape index (κ2) is 6.42. The second-order valence-electron chi connectivity index (χ2n) is 4.68. The monoisotopic (exact) mass is 295 g/mol. The van der Waals surface area contributed by atoms with Crippen LogP contribution in [0.1, 0.15) is 17.4 Å². The predicted molar refractivity (Wildman–Crippen MR) is 83.3 cm³/mol. The Labute approximate surface area is 123 Å². The van der Waals surface area contributed by atoms with Crippen molar-refractivity contribution in [3.63, 3.8) is 0 Å². The Morgan fingerprint density at radius 2 is 2.16 bits per heavy atom. The first-order valence-electron chi connectivity index (χ1n) is 6.26. The van der Waals surface area contributed by atoms with Crippen LogP contribution in [0.2, 0.25) is 5.02 Å². The van der Waals surface area contributed by atoms with Crippen molar-refractivity contribution in [2.75, 3.05) is 11.9 Å². The van der Waals surface area contributed by atoms with E-state index in [1.807, 2.05) is 18.2 Å². The number of likely N-dealkylation sites (N-methyl/N-ethyl adjacent to an activating group) is 1. The molecule has 2 aromatic rings. The van der Waals surface area contributed by atoms with Gasteiger partial charge in [-0.1, -0.05) is 23.7 Å². The molecule has 2 nitrogen and oxygen atoms in total. The number of thiophene rings is 1. The molecule has 1 N–H and O–H groups in total. The molecule has 4 heteroatoms. The van der Waals surface area contributed by atoms with Gasteiger partial charge in [0.25, 0.3) is 0 Å². The van der Waals surface area contributed by atoms with Crippen LogP contribution in [-0.2, 0) is 13.0 Å². The Morgan fingerprint density at radius 3 is 2.74 bits per heavy atom. The molecular formula is C15H18ClNOS. The molecule has 1 unspecified atom stereocenters. The lowest BCUT2D eigenvalue weighted by Crippen LogP contribution is -2.30. The van der Waals surface area contributed by atoms with Gasteiger partial charge >= 0.3 is 0 Å². The van der Waals surface area contributed by atoms with E-state index in [1.165, 1.54) is 4.88 Å². The molecule has 0 saturated heterocycles. The first-order chi connectivity index (χ1) is 9.11. The zero-order valence-corrected chi connectivity index (χ0v) is 12.7. The molecule has 0 aliphatic carbocycles. The topological polar surface area (TPSA) is 23.5 Å². The van der Waals surface area contributed by atoms with E-state index in [1.54, 1.807) is 11.3 Å². The zero-order valence-electron chi connectivity index (χ0n) is 11.1. The molecule has 0 saturated carbocycles. The second-order valence-corrected chi connectivity index (χ2v) is 6.12. The number of anilines is 1. The summed E-state index contributed by atoms with van der Waals surface area (Å²) in [6.45, 7) is 2.18. The van der Waals surface area contributed by atoms with Gasteiger partial charge in [-0.2, -0.15) is 0 Å². The minimum absolute atomic E-state index is 0.0203. The number of aliphatic hydroxyl groups is 1. The van der Waals surface area contributed by atoms with E-state index in [0.29, 0.717) is 11.1 Å². The number of hydrogen-bond acceptors (Lipinski definition) is 3. The van der Waals surface area contributed by atoms with Crippen molar-refractivity contribution in [3.05, 3.63) is 51.2 Å². The van der Waals surface area contributed by atoms with Crippen molar-refractivity contribution in [3.8, 4) is 0 Å². The third-order valence-corrected chi connectivity index (χ3v) is 4.60. The first-order valence-corrected chi connectivity index (χ1v) is 7.52. The van der Waals surface area contributed by atoms with Crippen LogP contribution in [0.3, 0.4) is 0 Å². The van der Waals surface area contributed by atoms with Crippen molar-refractivity contribution >= 4 is 28.6 Å². The van der Waals surface area contributed by atoms with Crippen LogP contribution in [0.25, 0.3) is 0 Å². The smallest absolute Gasteiger partial charge is 0.0696 e. The van der Waals surface area contributed by atoms with E-state index in [9.17, 15) is 0 Å². The average Bonchev–Trinajstić information content (AvgIpc) is 2.90. The number of benzene rings is 1. The standard InChI is InChI=1S/C15H18ClNOS/c1-11(8-14-4-3-7-19-14)17(2)13-6-5-12(10-18)15(16)9-13/h3-7,9,11,18H,8,10H2,1-2H3. The van der Waals surface area contributed by atoms with Gasteiger partial charge in [-0.3, -0.25) is 0 Å². The van der Waals surface area contributed by atoms with E-state index in [4.69, 9.17) is 16.7 Å². The van der Waals surface area contributed by atoms with Crippen molar-refractivity contribution < 1.29 is 5.11 Å². The number of nitrogens with zero attached hydrogens (tertiary/aromatic N) is 1. The molecule has 0 fully saturated rings. The summed E-state index contributed by atoms with van der Waals surface area (Å²) in [6.07, 6.45) is 1.02. The maximum Gasteiger partial charge on any atom is 0.0696 e. The van der Waals surface area contributed by atoms with E-state index in [0.717, 1.165) is 17.7 Å². The molecule has 0 radical (unpaired) electrons. The zero-order chi connectivity index (χ0) is 13.8. The lowest BCUT2D eigenvalue weighted by Gasteiger charge is -2.27. The molecule has 0 aliphatic heterocycles. The molecule has 0 amide bonds. The van der Waals surface area contributed by atoms with E-state index in [-0.39, 0.29) is 6.61 Å². The molecule has 2 rings (SSSR count). The number of hydrogen-bond donors (Lipinski definition) is 1. The summed E-state index contributed by atoms with van der Waals surface area (Å²) in [5.74, 6) is 0. The minimum atomic E-state index is -0.0203.